The minimum absolute atomic E-state index is 0.167. The lowest BCUT2D eigenvalue weighted by Crippen LogP contribution is -2.13. The molecule has 1 fully saturated rings. The molecule has 1 heterocycles. The van der Waals surface area contributed by atoms with Crippen molar-refractivity contribution in [1.82, 2.24) is 0 Å². The van der Waals surface area contributed by atoms with Gasteiger partial charge in [-0.15, -0.1) is 28.7 Å². The number of hydrogen-bond acceptors (Lipinski definition) is 2. The largest absolute Gasteiger partial charge is 0.477 e. The van der Waals surface area contributed by atoms with Gasteiger partial charge in [0.1, 0.15) is 10.7 Å². The zero-order chi connectivity index (χ0) is 19.2. The lowest BCUT2D eigenvalue weighted by Gasteiger charge is -2.18. The molecule has 2 nitrogen and oxygen atoms in total. The predicted octanol–water partition coefficient (Wildman–Crippen LogP) is 6.41. The second-order valence-corrected chi connectivity index (χ2v) is 8.65. The first-order valence-electron chi connectivity index (χ1n) is 9.17. The van der Waals surface area contributed by atoms with Crippen molar-refractivity contribution in [3.63, 3.8) is 0 Å². The Kier molecular flexibility index (Phi) is 6.89. The number of halogens is 2. The molecule has 0 unspecified atom stereocenters. The topological polar surface area (TPSA) is 37.3 Å². The Hall–Kier alpha value is -1.87. The van der Waals surface area contributed by atoms with E-state index in [0.29, 0.717) is 16.7 Å². The van der Waals surface area contributed by atoms with Crippen molar-refractivity contribution < 1.29 is 14.3 Å². The molecule has 0 spiro atoms. The number of alkyl halides is 1. The van der Waals surface area contributed by atoms with E-state index in [2.05, 4.69) is 11.8 Å². The Morgan fingerprint density at radius 3 is 2.93 bits per heavy atom. The molecule has 1 saturated carbocycles. The molecule has 142 valence electrons. The maximum atomic E-state index is 13.2. The Morgan fingerprint density at radius 1 is 1.33 bits per heavy atom. The summed E-state index contributed by atoms with van der Waals surface area (Å²) in [4.78, 5) is 12.5. The van der Waals surface area contributed by atoms with Gasteiger partial charge in [-0.05, 0) is 85.9 Å². The van der Waals surface area contributed by atoms with Gasteiger partial charge in [-0.3, -0.25) is 0 Å². The average molecular weight is 405 g/mol. The monoisotopic (exact) mass is 404 g/mol. The van der Waals surface area contributed by atoms with Crippen molar-refractivity contribution in [2.24, 2.45) is 11.8 Å². The molecule has 1 aliphatic carbocycles. The number of aryl methyl sites for hydroxylation is 1. The van der Waals surface area contributed by atoms with Gasteiger partial charge in [-0.1, -0.05) is 12.1 Å². The van der Waals surface area contributed by atoms with Crippen LogP contribution in [0.25, 0.3) is 6.08 Å². The standard InChI is InChI=1S/C22H22ClFO2S/c23-20-12-10-16(6-1-4-15-5-2-7-17(24)14-15)19(20)9-3-8-18-11-13-21(27-18)22(25)26/h2,4-7,11,13-14,16,19-20H,3,8-10,12H2,(H,25,26)/t1?,16-,19+,20+/m0/s1. The number of carboxylic acid groups (broad SMARTS) is 1. The molecule has 5 heteroatoms. The van der Waals surface area contributed by atoms with Crippen LogP contribution in [-0.4, -0.2) is 16.5 Å². The van der Waals surface area contributed by atoms with E-state index < -0.39 is 5.97 Å². The molecule has 0 amide bonds. The first-order valence-corrected chi connectivity index (χ1v) is 10.4. The summed E-state index contributed by atoms with van der Waals surface area (Å²) in [5, 5.41) is 9.17. The van der Waals surface area contributed by atoms with E-state index in [0.717, 1.165) is 42.5 Å². The number of rotatable bonds is 7. The molecule has 0 aliphatic heterocycles. The second-order valence-electron chi connectivity index (χ2n) is 6.92. The molecular formula is C22H22ClFO2S. The van der Waals surface area contributed by atoms with Crippen molar-refractivity contribution in [3.05, 3.63) is 69.3 Å². The zero-order valence-electron chi connectivity index (χ0n) is 14.9. The minimum atomic E-state index is -0.863. The highest BCUT2D eigenvalue weighted by Gasteiger charge is 2.32. The number of allylic oxidation sites excluding steroid dienone is 1. The molecule has 0 radical (unpaired) electrons. The number of carbonyl (C=O) groups is 1. The maximum Gasteiger partial charge on any atom is 0.345 e. The molecule has 1 aromatic carbocycles. The summed E-state index contributed by atoms with van der Waals surface area (Å²) in [5.41, 5.74) is 4.01. The summed E-state index contributed by atoms with van der Waals surface area (Å²) < 4.78 is 13.2. The van der Waals surface area contributed by atoms with Crippen molar-refractivity contribution in [2.75, 3.05) is 0 Å². The Labute approximate surface area is 168 Å². The molecule has 2 aromatic rings. The fraction of sp³-hybridized carbons (Fsp3) is 0.364. The average Bonchev–Trinajstić information content (AvgIpc) is 3.24. The second kappa shape index (κ2) is 9.36. The molecule has 3 atom stereocenters. The van der Waals surface area contributed by atoms with Crippen LogP contribution in [0.3, 0.4) is 0 Å². The van der Waals surface area contributed by atoms with Crippen LogP contribution >= 0.6 is 22.9 Å². The third-order valence-electron chi connectivity index (χ3n) is 5.03. The highest BCUT2D eigenvalue weighted by Crippen LogP contribution is 2.39. The maximum absolute atomic E-state index is 13.2. The summed E-state index contributed by atoms with van der Waals surface area (Å²) >= 11 is 7.88. The van der Waals surface area contributed by atoms with Crippen molar-refractivity contribution in [1.29, 1.82) is 0 Å². The SMILES string of the molecule is O=C(O)c1ccc(CCC[C@H]2[C@H](Cl)CC[C@@H]2C=C=Cc2cccc(F)c2)s1. The van der Waals surface area contributed by atoms with E-state index in [1.54, 1.807) is 18.2 Å². The third-order valence-corrected chi connectivity index (χ3v) is 6.71. The van der Waals surface area contributed by atoms with Crippen LogP contribution in [0.5, 0.6) is 0 Å². The van der Waals surface area contributed by atoms with Gasteiger partial charge in [0.2, 0.25) is 0 Å². The Morgan fingerprint density at radius 2 is 2.19 bits per heavy atom. The normalized spacial score (nSPS) is 21.6. The predicted molar refractivity (Wildman–Crippen MR) is 109 cm³/mol. The van der Waals surface area contributed by atoms with Crippen LogP contribution in [0.1, 0.15) is 45.8 Å². The molecule has 1 aliphatic rings. The van der Waals surface area contributed by atoms with E-state index in [9.17, 15) is 9.18 Å². The van der Waals surface area contributed by atoms with E-state index in [-0.39, 0.29) is 11.2 Å². The fourth-order valence-electron chi connectivity index (χ4n) is 3.65. The van der Waals surface area contributed by atoms with Crippen LogP contribution in [0.15, 0.2) is 48.2 Å². The molecule has 1 aromatic heterocycles. The van der Waals surface area contributed by atoms with E-state index in [1.807, 2.05) is 12.1 Å². The Balaban J connectivity index is 1.56. The highest BCUT2D eigenvalue weighted by molar-refractivity contribution is 7.13. The van der Waals surface area contributed by atoms with Gasteiger partial charge < -0.3 is 5.11 Å². The van der Waals surface area contributed by atoms with Gasteiger partial charge in [0, 0.05) is 10.3 Å². The number of benzene rings is 1. The molecule has 1 N–H and O–H groups in total. The fourth-order valence-corrected chi connectivity index (χ4v) is 4.98. The van der Waals surface area contributed by atoms with Gasteiger partial charge in [0.25, 0.3) is 0 Å². The van der Waals surface area contributed by atoms with E-state index in [4.69, 9.17) is 16.7 Å². The van der Waals surface area contributed by atoms with Gasteiger partial charge in [0.05, 0.1) is 0 Å². The third kappa shape index (κ3) is 5.55. The van der Waals surface area contributed by atoms with Crippen LogP contribution in [0, 0.1) is 17.7 Å². The molecule has 27 heavy (non-hydrogen) atoms. The smallest absolute Gasteiger partial charge is 0.345 e. The van der Waals surface area contributed by atoms with Gasteiger partial charge in [-0.25, -0.2) is 9.18 Å². The van der Waals surface area contributed by atoms with Crippen LogP contribution in [-0.2, 0) is 6.42 Å². The minimum Gasteiger partial charge on any atom is -0.477 e. The van der Waals surface area contributed by atoms with Gasteiger partial charge in [0.15, 0.2) is 0 Å². The lowest BCUT2D eigenvalue weighted by atomic mass is 9.90. The summed E-state index contributed by atoms with van der Waals surface area (Å²) in [7, 11) is 0. The summed E-state index contributed by atoms with van der Waals surface area (Å²) in [5.74, 6) is -0.322. The first-order chi connectivity index (χ1) is 13.0. The number of carboxylic acids is 1. The molecule has 0 bridgehead atoms. The van der Waals surface area contributed by atoms with Gasteiger partial charge >= 0.3 is 5.97 Å². The quantitative estimate of drug-likeness (QED) is 0.427. The zero-order valence-corrected chi connectivity index (χ0v) is 16.5. The van der Waals surface area contributed by atoms with E-state index in [1.165, 1.54) is 23.5 Å². The van der Waals surface area contributed by atoms with Crippen LogP contribution in [0.2, 0.25) is 0 Å². The van der Waals surface area contributed by atoms with Crippen molar-refractivity contribution >= 4 is 35.0 Å². The van der Waals surface area contributed by atoms with Crippen LogP contribution in [0.4, 0.5) is 4.39 Å². The molecular weight excluding hydrogens is 383 g/mol. The Bertz CT molecular complexity index is 854. The summed E-state index contributed by atoms with van der Waals surface area (Å²) in [6, 6.07) is 10.0. The molecule has 3 rings (SSSR count). The number of hydrogen-bond donors (Lipinski definition) is 1. The van der Waals surface area contributed by atoms with E-state index >= 15 is 0 Å². The van der Waals surface area contributed by atoms with Gasteiger partial charge in [-0.2, -0.15) is 0 Å². The first kappa shape index (κ1) is 19.9. The summed E-state index contributed by atoms with van der Waals surface area (Å²) in [6.07, 6.45) is 8.81. The number of aromatic carboxylic acids is 1. The van der Waals surface area contributed by atoms with Crippen molar-refractivity contribution in [2.45, 2.75) is 37.5 Å². The molecule has 0 saturated heterocycles. The van der Waals surface area contributed by atoms with Crippen LogP contribution < -0.4 is 0 Å². The van der Waals surface area contributed by atoms with Crippen molar-refractivity contribution in [3.8, 4) is 0 Å². The summed E-state index contributed by atoms with van der Waals surface area (Å²) in [6.45, 7) is 0. The number of thiophene rings is 1. The highest BCUT2D eigenvalue weighted by atomic mass is 35.5. The lowest BCUT2D eigenvalue weighted by molar-refractivity contribution is 0.0702.